The van der Waals surface area contributed by atoms with Crippen molar-refractivity contribution >= 4 is 28.4 Å². The third-order valence-electron chi connectivity index (χ3n) is 4.43. The molecule has 2 aromatic heterocycles. The van der Waals surface area contributed by atoms with Gasteiger partial charge in [-0.1, -0.05) is 48.5 Å². The molecule has 0 radical (unpaired) electrons. The lowest BCUT2D eigenvalue weighted by Crippen LogP contribution is -2.39. The van der Waals surface area contributed by atoms with Crippen molar-refractivity contribution in [1.29, 1.82) is 0 Å². The van der Waals surface area contributed by atoms with Crippen molar-refractivity contribution in [3.05, 3.63) is 85.1 Å². The second-order valence-corrected chi connectivity index (χ2v) is 6.39. The summed E-state index contributed by atoms with van der Waals surface area (Å²) in [4.78, 5) is 33.4. The molecule has 0 bridgehead atoms. The normalized spacial score (nSPS) is 11.7. The minimum absolute atomic E-state index is 0.346. The highest BCUT2D eigenvalue weighted by Crippen LogP contribution is 2.20. The summed E-state index contributed by atoms with van der Waals surface area (Å²) in [6.07, 6.45) is 4.62. The molecule has 4 aromatic rings. The number of nitrogens with one attached hydrogen (secondary N) is 2. The van der Waals surface area contributed by atoms with E-state index in [4.69, 9.17) is 0 Å². The molecule has 0 saturated heterocycles. The summed E-state index contributed by atoms with van der Waals surface area (Å²) in [7, 11) is 0. The first-order valence-corrected chi connectivity index (χ1v) is 9.03. The third-order valence-corrected chi connectivity index (χ3v) is 4.43. The summed E-state index contributed by atoms with van der Waals surface area (Å²) in [6.45, 7) is 0.346. The van der Waals surface area contributed by atoms with Crippen LogP contribution in [0.1, 0.15) is 11.6 Å². The first kappa shape index (κ1) is 18.3. The lowest BCUT2D eigenvalue weighted by atomic mass is 10.1. The maximum Gasteiger partial charge on any atom is 0.313 e. The van der Waals surface area contributed by atoms with Crippen LogP contribution in [0.4, 0.5) is 5.69 Å². The van der Waals surface area contributed by atoms with Crippen LogP contribution < -0.4 is 10.6 Å². The van der Waals surface area contributed by atoms with Crippen molar-refractivity contribution in [3.8, 4) is 0 Å². The Morgan fingerprint density at radius 2 is 1.79 bits per heavy atom. The van der Waals surface area contributed by atoms with Crippen LogP contribution in [-0.4, -0.2) is 31.6 Å². The van der Waals surface area contributed by atoms with Crippen molar-refractivity contribution in [2.45, 2.75) is 12.6 Å². The molecule has 0 aliphatic rings. The second kappa shape index (κ2) is 8.30. The number of benzene rings is 2. The van der Waals surface area contributed by atoms with Crippen molar-refractivity contribution < 1.29 is 9.59 Å². The van der Waals surface area contributed by atoms with Gasteiger partial charge in [0.05, 0.1) is 23.8 Å². The molecule has 2 N–H and O–H groups in total. The standard InChI is InChI=1S/C21H18N6O2/c28-20(25-17-10-4-8-16-9-5-11-23-19(16)17)21(29)26-18(12-27-14-22-13-24-27)15-6-2-1-3-7-15/h1-11,13-14,18H,12H2,(H,25,28)(H,26,29)/t18-/m1/s1. The van der Waals surface area contributed by atoms with E-state index in [9.17, 15) is 9.59 Å². The molecule has 0 fully saturated rings. The average molecular weight is 386 g/mol. The Morgan fingerprint density at radius 3 is 2.59 bits per heavy atom. The summed E-state index contributed by atoms with van der Waals surface area (Å²) in [5, 5.41) is 10.4. The lowest BCUT2D eigenvalue weighted by molar-refractivity contribution is -0.136. The number of fused-ring (bicyclic) bond motifs is 1. The van der Waals surface area contributed by atoms with Gasteiger partial charge in [0.1, 0.15) is 12.7 Å². The fraction of sp³-hybridized carbons (Fsp3) is 0.0952. The Balaban J connectivity index is 1.51. The Hall–Kier alpha value is -4.07. The number of carbonyl (C=O) groups is 2. The number of anilines is 1. The SMILES string of the molecule is O=C(Nc1cccc2cccnc12)C(=O)N[C@H](Cn1cncn1)c1ccccc1. The van der Waals surface area contributed by atoms with E-state index < -0.39 is 17.9 Å². The van der Waals surface area contributed by atoms with Crippen LogP contribution in [0.5, 0.6) is 0 Å². The maximum absolute atomic E-state index is 12.6. The Bertz CT molecular complexity index is 1120. The zero-order valence-electron chi connectivity index (χ0n) is 15.4. The summed E-state index contributed by atoms with van der Waals surface area (Å²) < 4.78 is 1.60. The van der Waals surface area contributed by atoms with E-state index in [1.165, 1.54) is 6.33 Å². The van der Waals surface area contributed by atoms with E-state index in [0.717, 1.165) is 10.9 Å². The number of amides is 2. The zero-order chi connectivity index (χ0) is 20.1. The van der Waals surface area contributed by atoms with Gasteiger partial charge in [-0.2, -0.15) is 5.10 Å². The van der Waals surface area contributed by atoms with Crippen LogP contribution >= 0.6 is 0 Å². The fourth-order valence-electron chi connectivity index (χ4n) is 3.04. The van der Waals surface area contributed by atoms with E-state index >= 15 is 0 Å². The van der Waals surface area contributed by atoms with Gasteiger partial charge in [0.2, 0.25) is 0 Å². The predicted molar refractivity (Wildman–Crippen MR) is 108 cm³/mol. The van der Waals surface area contributed by atoms with Crippen molar-refractivity contribution in [3.63, 3.8) is 0 Å². The van der Waals surface area contributed by atoms with Gasteiger partial charge in [0.25, 0.3) is 0 Å². The highest BCUT2D eigenvalue weighted by Gasteiger charge is 2.21. The van der Waals surface area contributed by atoms with Gasteiger partial charge in [-0.3, -0.25) is 19.3 Å². The molecule has 144 valence electrons. The summed E-state index contributed by atoms with van der Waals surface area (Å²) in [5.74, 6) is -1.51. The average Bonchev–Trinajstić information content (AvgIpc) is 3.27. The zero-order valence-corrected chi connectivity index (χ0v) is 15.4. The van der Waals surface area contributed by atoms with Gasteiger partial charge in [-0.25, -0.2) is 4.98 Å². The highest BCUT2D eigenvalue weighted by atomic mass is 16.2. The second-order valence-electron chi connectivity index (χ2n) is 6.39. The summed E-state index contributed by atoms with van der Waals surface area (Å²) >= 11 is 0. The fourth-order valence-corrected chi connectivity index (χ4v) is 3.04. The largest absolute Gasteiger partial charge is 0.339 e. The number of carbonyl (C=O) groups excluding carboxylic acids is 2. The Labute approximate surface area is 166 Å². The molecule has 1 atom stereocenters. The van der Waals surface area contributed by atoms with E-state index in [2.05, 4.69) is 25.7 Å². The van der Waals surface area contributed by atoms with Gasteiger partial charge in [0.15, 0.2) is 0 Å². The first-order valence-electron chi connectivity index (χ1n) is 9.03. The molecular weight excluding hydrogens is 368 g/mol. The molecule has 8 heteroatoms. The first-order chi connectivity index (χ1) is 14.2. The number of para-hydroxylation sites is 1. The van der Waals surface area contributed by atoms with Gasteiger partial charge in [-0.05, 0) is 17.7 Å². The molecule has 2 heterocycles. The smallest absolute Gasteiger partial charge is 0.313 e. The molecule has 0 aliphatic heterocycles. The predicted octanol–water partition coefficient (Wildman–Crippen LogP) is 2.32. The van der Waals surface area contributed by atoms with E-state index in [-0.39, 0.29) is 0 Å². The van der Waals surface area contributed by atoms with Crippen molar-refractivity contribution in [2.75, 3.05) is 5.32 Å². The summed E-state index contributed by atoms with van der Waals surface area (Å²) in [5.41, 5.74) is 1.96. The molecule has 0 saturated carbocycles. The number of nitrogens with zero attached hydrogens (tertiary/aromatic N) is 4. The maximum atomic E-state index is 12.6. The van der Waals surface area contributed by atoms with E-state index in [0.29, 0.717) is 17.7 Å². The quantitative estimate of drug-likeness (QED) is 0.513. The molecule has 29 heavy (non-hydrogen) atoms. The van der Waals surface area contributed by atoms with Crippen LogP contribution in [0.15, 0.2) is 79.5 Å². The molecular formula is C21H18N6O2. The number of pyridine rings is 1. The minimum atomic E-state index is -0.761. The van der Waals surface area contributed by atoms with Gasteiger partial charge in [-0.15, -0.1) is 0 Å². The van der Waals surface area contributed by atoms with E-state index in [1.807, 2.05) is 48.5 Å². The minimum Gasteiger partial charge on any atom is -0.339 e. The molecule has 0 aliphatic carbocycles. The van der Waals surface area contributed by atoms with Crippen LogP contribution in [0.2, 0.25) is 0 Å². The molecule has 8 nitrogen and oxygen atoms in total. The molecule has 0 spiro atoms. The summed E-state index contributed by atoms with van der Waals surface area (Å²) in [6, 6.07) is 18.1. The number of rotatable bonds is 5. The van der Waals surface area contributed by atoms with Crippen LogP contribution in [0.25, 0.3) is 10.9 Å². The third kappa shape index (κ3) is 4.27. The van der Waals surface area contributed by atoms with Crippen LogP contribution in [0, 0.1) is 0 Å². The van der Waals surface area contributed by atoms with E-state index in [1.54, 1.807) is 29.3 Å². The molecule has 4 rings (SSSR count). The topological polar surface area (TPSA) is 102 Å². The van der Waals surface area contributed by atoms with Crippen LogP contribution in [0.3, 0.4) is 0 Å². The monoisotopic (exact) mass is 386 g/mol. The number of hydrogen-bond donors (Lipinski definition) is 2. The number of aromatic nitrogens is 4. The van der Waals surface area contributed by atoms with Crippen molar-refractivity contribution in [2.24, 2.45) is 0 Å². The molecule has 0 unspecified atom stereocenters. The van der Waals surface area contributed by atoms with Crippen molar-refractivity contribution in [1.82, 2.24) is 25.1 Å². The lowest BCUT2D eigenvalue weighted by Gasteiger charge is -2.19. The highest BCUT2D eigenvalue weighted by molar-refractivity contribution is 6.40. The molecule has 2 amide bonds. The van der Waals surface area contributed by atoms with Gasteiger partial charge >= 0.3 is 11.8 Å². The van der Waals surface area contributed by atoms with Gasteiger partial charge < -0.3 is 10.6 Å². The Morgan fingerprint density at radius 1 is 0.966 bits per heavy atom. The Kier molecular flexibility index (Phi) is 5.24. The van der Waals surface area contributed by atoms with Gasteiger partial charge in [0, 0.05) is 11.6 Å². The van der Waals surface area contributed by atoms with Crippen LogP contribution in [-0.2, 0) is 16.1 Å². The molecule has 2 aromatic carbocycles. The number of hydrogen-bond acceptors (Lipinski definition) is 5.